The molecule has 0 aromatic heterocycles. The molecule has 0 radical (unpaired) electrons. The number of carbonyl (C=O) groups is 1. The number of hydrogen-bond donors (Lipinski definition) is 3. The molecule has 0 fully saturated rings. The highest BCUT2D eigenvalue weighted by Gasteiger charge is 2.06. The fourth-order valence-corrected chi connectivity index (χ4v) is 2.31. The lowest BCUT2D eigenvalue weighted by atomic mass is 10.2. The van der Waals surface area contributed by atoms with Crippen molar-refractivity contribution >= 4 is 28.5 Å². The van der Waals surface area contributed by atoms with Crippen LogP contribution in [0.4, 0.5) is 5.69 Å². The van der Waals surface area contributed by atoms with Crippen LogP contribution in [-0.2, 0) is 0 Å². The van der Waals surface area contributed by atoms with Gasteiger partial charge in [-0.1, -0.05) is 12.1 Å². The minimum atomic E-state index is -0.942. The molecular weight excluding hydrogens is 274 g/mol. The standard InChI is InChI=1S/C15H15NO3S/c1-19-11-6-8-12(9-7-11)20-10-16-14-5-3-2-4-13(14)15(17)18/h2-10,16,20H,1H3,(H,17,18). The highest BCUT2D eigenvalue weighted by Crippen LogP contribution is 2.17. The van der Waals surface area contributed by atoms with Gasteiger partial charge >= 0.3 is 5.97 Å². The lowest BCUT2D eigenvalue weighted by Gasteiger charge is -2.05. The highest BCUT2D eigenvalue weighted by atomic mass is 32.1. The summed E-state index contributed by atoms with van der Waals surface area (Å²) < 4.78 is 5.09. The molecule has 0 saturated carbocycles. The summed E-state index contributed by atoms with van der Waals surface area (Å²) in [5.41, 5.74) is 2.65. The van der Waals surface area contributed by atoms with E-state index in [1.807, 2.05) is 29.8 Å². The molecule has 0 heterocycles. The summed E-state index contributed by atoms with van der Waals surface area (Å²) in [6.07, 6.45) is 0. The molecule has 0 aliphatic heterocycles. The Balaban J connectivity index is 2.08. The molecule has 5 heteroatoms. The van der Waals surface area contributed by atoms with Crippen molar-refractivity contribution in [1.82, 2.24) is 0 Å². The van der Waals surface area contributed by atoms with E-state index in [4.69, 9.17) is 9.84 Å². The minimum Gasteiger partial charge on any atom is -0.497 e. The third kappa shape index (κ3) is 3.61. The van der Waals surface area contributed by atoms with Crippen LogP contribution in [0.1, 0.15) is 10.4 Å². The van der Waals surface area contributed by atoms with Gasteiger partial charge in [-0.25, -0.2) is 4.79 Å². The maximum absolute atomic E-state index is 11.1. The van der Waals surface area contributed by atoms with E-state index < -0.39 is 5.97 Å². The molecule has 104 valence electrons. The van der Waals surface area contributed by atoms with E-state index in [0.717, 1.165) is 22.0 Å². The van der Waals surface area contributed by atoms with Crippen LogP contribution in [-0.4, -0.2) is 23.7 Å². The second-order valence-corrected chi connectivity index (χ2v) is 4.98. The summed E-state index contributed by atoms with van der Waals surface area (Å²) in [6, 6.07) is 14.5. The predicted octanol–water partition coefficient (Wildman–Crippen LogP) is 3.09. The first-order valence-electron chi connectivity index (χ1n) is 5.96. The number of para-hydroxylation sites is 1. The largest absolute Gasteiger partial charge is 0.497 e. The average molecular weight is 289 g/mol. The number of thiol groups is 1. The Kier molecular flexibility index (Phi) is 4.79. The van der Waals surface area contributed by atoms with Crippen LogP contribution in [0, 0.1) is 0 Å². The van der Waals surface area contributed by atoms with Crippen LogP contribution in [0.15, 0.2) is 53.4 Å². The second-order valence-electron chi connectivity index (χ2n) is 3.95. The molecule has 0 unspecified atom stereocenters. The number of methoxy groups -OCH3 is 1. The Hall–Kier alpha value is -2.27. The Morgan fingerprint density at radius 3 is 2.55 bits per heavy atom. The van der Waals surface area contributed by atoms with Gasteiger partial charge in [-0.3, -0.25) is 0 Å². The molecule has 0 amide bonds. The summed E-state index contributed by atoms with van der Waals surface area (Å²) in [5, 5.41) is 12.1. The Morgan fingerprint density at radius 1 is 1.20 bits per heavy atom. The second kappa shape index (κ2) is 6.77. The van der Waals surface area contributed by atoms with Gasteiger partial charge < -0.3 is 15.2 Å². The van der Waals surface area contributed by atoms with E-state index >= 15 is 0 Å². The van der Waals surface area contributed by atoms with Crippen molar-refractivity contribution in [2.24, 2.45) is 0 Å². The molecular formula is C15H15NO3S. The van der Waals surface area contributed by atoms with Gasteiger partial charge in [-0.2, -0.15) is 11.4 Å². The Morgan fingerprint density at radius 2 is 1.90 bits per heavy atom. The topological polar surface area (TPSA) is 58.6 Å². The number of carboxylic acid groups (broad SMARTS) is 1. The number of hydrogen-bond acceptors (Lipinski definition) is 2. The molecule has 20 heavy (non-hydrogen) atoms. The van der Waals surface area contributed by atoms with E-state index in [2.05, 4.69) is 5.32 Å². The van der Waals surface area contributed by atoms with Gasteiger partial charge in [0.2, 0.25) is 0 Å². The summed E-state index contributed by atoms with van der Waals surface area (Å²) in [7, 11) is 1.63. The van der Waals surface area contributed by atoms with Gasteiger partial charge in [0.1, 0.15) is 5.75 Å². The van der Waals surface area contributed by atoms with Crippen molar-refractivity contribution < 1.29 is 14.6 Å². The fraction of sp³-hybridized carbons (Fsp3) is 0.0667. The molecule has 0 atom stereocenters. The van der Waals surface area contributed by atoms with Gasteiger partial charge in [0.15, 0.2) is 0 Å². The van der Waals surface area contributed by atoms with Gasteiger partial charge in [0, 0.05) is 10.4 Å². The highest BCUT2D eigenvalue weighted by molar-refractivity contribution is 7.97. The normalized spacial score (nSPS) is 10.8. The smallest absolute Gasteiger partial charge is 0.337 e. The number of rotatable bonds is 5. The number of nitrogens with one attached hydrogen (secondary N) is 1. The van der Waals surface area contributed by atoms with E-state index in [0.29, 0.717) is 5.69 Å². The zero-order chi connectivity index (χ0) is 14.4. The molecule has 0 saturated heterocycles. The molecule has 4 nitrogen and oxygen atoms in total. The quantitative estimate of drug-likeness (QED) is 0.585. The maximum Gasteiger partial charge on any atom is 0.337 e. The molecule has 0 bridgehead atoms. The first kappa shape index (κ1) is 14.1. The van der Waals surface area contributed by atoms with Crippen molar-refractivity contribution in [3.05, 3.63) is 54.1 Å². The van der Waals surface area contributed by atoms with E-state index in [-0.39, 0.29) is 5.56 Å². The third-order valence-corrected chi connectivity index (χ3v) is 3.52. The lowest BCUT2D eigenvalue weighted by molar-refractivity contribution is 0.0698. The molecule has 0 aliphatic rings. The van der Waals surface area contributed by atoms with Crippen LogP contribution >= 0.6 is 11.4 Å². The van der Waals surface area contributed by atoms with Gasteiger partial charge in [-0.05, 0) is 36.4 Å². The van der Waals surface area contributed by atoms with E-state index in [9.17, 15) is 4.79 Å². The summed E-state index contributed by atoms with van der Waals surface area (Å²) in [6.45, 7) is 0. The zero-order valence-corrected chi connectivity index (χ0v) is 11.8. The SMILES string of the molecule is COc1ccc([SH]=CNc2ccccc2C(=O)O)cc1. The van der Waals surface area contributed by atoms with Gasteiger partial charge in [-0.15, -0.1) is 0 Å². The van der Waals surface area contributed by atoms with Crippen LogP contribution in [0.5, 0.6) is 5.75 Å². The lowest BCUT2D eigenvalue weighted by Crippen LogP contribution is -2.03. The van der Waals surface area contributed by atoms with E-state index in [1.165, 1.54) is 0 Å². The number of carboxylic acids is 1. The number of ether oxygens (including phenoxy) is 1. The predicted molar refractivity (Wildman–Crippen MR) is 83.3 cm³/mol. The molecule has 2 aromatic carbocycles. The average Bonchev–Trinajstić information content (AvgIpc) is 2.48. The van der Waals surface area contributed by atoms with Crippen LogP contribution in [0.3, 0.4) is 0 Å². The zero-order valence-electron chi connectivity index (χ0n) is 10.9. The summed E-state index contributed by atoms with van der Waals surface area (Å²) >= 11 is 0.952. The van der Waals surface area contributed by atoms with Gasteiger partial charge in [0.05, 0.1) is 18.4 Å². The molecule has 0 aliphatic carbocycles. The fourth-order valence-electron chi connectivity index (χ4n) is 1.64. The van der Waals surface area contributed by atoms with Crippen molar-refractivity contribution in [3.8, 4) is 5.75 Å². The maximum atomic E-state index is 11.1. The van der Waals surface area contributed by atoms with Crippen molar-refractivity contribution in [2.45, 2.75) is 4.90 Å². The minimum absolute atomic E-state index is 0.258. The van der Waals surface area contributed by atoms with Crippen molar-refractivity contribution in [3.63, 3.8) is 0 Å². The molecule has 0 spiro atoms. The third-order valence-electron chi connectivity index (χ3n) is 2.66. The number of aromatic carboxylic acids is 1. The number of anilines is 1. The first-order valence-corrected chi connectivity index (χ1v) is 6.92. The Labute approximate surface area is 121 Å². The Bertz CT molecular complexity index is 623. The number of benzene rings is 2. The monoisotopic (exact) mass is 289 g/mol. The molecule has 2 N–H and O–H groups in total. The molecule has 2 rings (SSSR count). The van der Waals surface area contributed by atoms with Crippen LogP contribution in [0.2, 0.25) is 0 Å². The van der Waals surface area contributed by atoms with Crippen molar-refractivity contribution in [1.29, 1.82) is 0 Å². The molecule has 2 aromatic rings. The van der Waals surface area contributed by atoms with Crippen LogP contribution in [0.25, 0.3) is 0 Å². The van der Waals surface area contributed by atoms with E-state index in [1.54, 1.807) is 31.4 Å². The summed E-state index contributed by atoms with van der Waals surface area (Å²) in [4.78, 5) is 12.1. The summed E-state index contributed by atoms with van der Waals surface area (Å²) in [5.74, 6) is -0.129. The van der Waals surface area contributed by atoms with Crippen molar-refractivity contribution in [2.75, 3.05) is 12.4 Å². The van der Waals surface area contributed by atoms with Crippen LogP contribution < -0.4 is 10.1 Å². The van der Waals surface area contributed by atoms with Gasteiger partial charge in [0.25, 0.3) is 0 Å². The first-order chi connectivity index (χ1) is 9.70.